The minimum absolute atomic E-state index is 0.0987. The van der Waals surface area contributed by atoms with Crippen molar-refractivity contribution in [3.8, 4) is 0 Å². The van der Waals surface area contributed by atoms with Crippen molar-refractivity contribution in [1.82, 2.24) is 20.5 Å². The number of piperidine rings is 1. The number of hydrogen-bond donors (Lipinski definition) is 2. The maximum absolute atomic E-state index is 12.7. The summed E-state index contributed by atoms with van der Waals surface area (Å²) in [6.45, 7) is 15.0. The van der Waals surface area contributed by atoms with Crippen LogP contribution in [0.1, 0.15) is 89.4 Å². The summed E-state index contributed by atoms with van der Waals surface area (Å²) in [5.74, 6) is 1.25. The summed E-state index contributed by atoms with van der Waals surface area (Å²) in [5, 5.41) is 6.13. The van der Waals surface area contributed by atoms with Crippen LogP contribution >= 0.6 is 0 Å². The smallest absolute Gasteiger partial charge is 0.289 e. The van der Waals surface area contributed by atoms with Gasteiger partial charge in [-0.25, -0.2) is 4.98 Å². The van der Waals surface area contributed by atoms with Crippen LogP contribution in [0.15, 0.2) is 4.42 Å². The highest BCUT2D eigenvalue weighted by Crippen LogP contribution is 2.38. The number of carbonyl (C=O) groups is 2. The van der Waals surface area contributed by atoms with Gasteiger partial charge in [-0.3, -0.25) is 14.5 Å². The van der Waals surface area contributed by atoms with Crippen LogP contribution in [-0.4, -0.2) is 52.4 Å². The molecule has 2 saturated heterocycles. The Morgan fingerprint density at radius 1 is 1.10 bits per heavy atom. The topological polar surface area (TPSA) is 87.5 Å². The second kappa shape index (κ2) is 8.33. The van der Waals surface area contributed by atoms with Gasteiger partial charge in [0.2, 0.25) is 17.6 Å². The van der Waals surface area contributed by atoms with Crippen LogP contribution in [-0.2, 0) is 10.2 Å². The standard InChI is InChI=1S/C23H38N4O3/c1-14-19(30-21(25-14)22(2,3)4)20(29)24-12-15-10-16-8-9-17(11-15)27(16)13-18(28)26-23(5,6)7/h15-17H,8-13H2,1-7H3,(H,24,29)(H,26,28)/t15-,16-,17+. The van der Waals surface area contributed by atoms with Gasteiger partial charge in [0.1, 0.15) is 0 Å². The third-order valence-electron chi connectivity index (χ3n) is 6.02. The van der Waals surface area contributed by atoms with Crippen molar-refractivity contribution < 1.29 is 14.0 Å². The maximum Gasteiger partial charge on any atom is 0.289 e. The SMILES string of the molecule is Cc1nc(C(C)(C)C)oc1C(=O)NC[C@@H]1C[C@H]2CC[C@@H](C1)N2CC(=O)NC(C)(C)C. The molecule has 0 spiro atoms. The minimum atomic E-state index is -0.228. The van der Waals surface area contributed by atoms with E-state index in [1.54, 1.807) is 0 Å². The van der Waals surface area contributed by atoms with E-state index in [1.807, 2.05) is 48.5 Å². The minimum Gasteiger partial charge on any atom is -0.435 e. The summed E-state index contributed by atoms with van der Waals surface area (Å²) in [5.41, 5.74) is 0.205. The highest BCUT2D eigenvalue weighted by atomic mass is 16.4. The largest absolute Gasteiger partial charge is 0.435 e. The van der Waals surface area contributed by atoms with Crippen LogP contribution < -0.4 is 10.6 Å². The molecule has 2 aliphatic rings. The molecule has 0 aromatic carbocycles. The van der Waals surface area contributed by atoms with Gasteiger partial charge in [-0.2, -0.15) is 0 Å². The van der Waals surface area contributed by atoms with Crippen molar-refractivity contribution in [1.29, 1.82) is 0 Å². The normalized spacial score (nSPS) is 24.7. The highest BCUT2D eigenvalue weighted by molar-refractivity contribution is 5.92. The summed E-state index contributed by atoms with van der Waals surface area (Å²) < 4.78 is 5.76. The van der Waals surface area contributed by atoms with E-state index in [-0.39, 0.29) is 22.8 Å². The molecule has 2 bridgehead atoms. The van der Waals surface area contributed by atoms with Gasteiger partial charge in [-0.05, 0) is 59.3 Å². The fourth-order valence-electron chi connectivity index (χ4n) is 4.68. The first-order valence-electron chi connectivity index (χ1n) is 11.2. The van der Waals surface area contributed by atoms with Gasteiger partial charge in [0, 0.05) is 29.6 Å². The highest BCUT2D eigenvalue weighted by Gasteiger charge is 2.41. The Balaban J connectivity index is 1.53. The van der Waals surface area contributed by atoms with E-state index in [0.29, 0.717) is 48.4 Å². The number of fused-ring (bicyclic) bond motifs is 2. The molecule has 7 nitrogen and oxygen atoms in total. The first-order valence-corrected chi connectivity index (χ1v) is 11.2. The van der Waals surface area contributed by atoms with Gasteiger partial charge in [-0.1, -0.05) is 20.8 Å². The number of nitrogens with one attached hydrogen (secondary N) is 2. The van der Waals surface area contributed by atoms with Crippen molar-refractivity contribution in [3.05, 3.63) is 17.3 Å². The average molecular weight is 419 g/mol. The number of hydrogen-bond acceptors (Lipinski definition) is 5. The molecule has 0 saturated carbocycles. The van der Waals surface area contributed by atoms with E-state index in [9.17, 15) is 9.59 Å². The molecule has 2 fully saturated rings. The number of oxazole rings is 1. The van der Waals surface area contributed by atoms with E-state index in [1.165, 1.54) is 0 Å². The van der Waals surface area contributed by atoms with Gasteiger partial charge in [0.05, 0.1) is 12.2 Å². The predicted octanol–water partition coefficient (Wildman–Crippen LogP) is 3.17. The van der Waals surface area contributed by atoms with Gasteiger partial charge in [0.25, 0.3) is 5.91 Å². The lowest BCUT2D eigenvalue weighted by molar-refractivity contribution is -0.125. The summed E-state index contributed by atoms with van der Waals surface area (Å²) in [6, 6.07) is 0.853. The molecular formula is C23H38N4O3. The van der Waals surface area contributed by atoms with Crippen LogP contribution in [0.25, 0.3) is 0 Å². The van der Waals surface area contributed by atoms with Crippen LogP contribution in [0.2, 0.25) is 0 Å². The molecule has 0 aliphatic carbocycles. The number of nitrogens with zero attached hydrogens (tertiary/aromatic N) is 2. The van der Waals surface area contributed by atoms with Crippen LogP contribution in [0.4, 0.5) is 0 Å². The van der Waals surface area contributed by atoms with E-state index >= 15 is 0 Å². The number of aromatic nitrogens is 1. The summed E-state index contributed by atoms with van der Waals surface area (Å²) in [4.78, 5) is 31.8. The molecule has 1 aromatic rings. The third-order valence-corrected chi connectivity index (χ3v) is 6.02. The second-order valence-electron chi connectivity index (χ2n) is 11.1. The molecular weight excluding hydrogens is 380 g/mol. The quantitative estimate of drug-likeness (QED) is 0.767. The van der Waals surface area contributed by atoms with E-state index in [0.717, 1.165) is 25.7 Å². The van der Waals surface area contributed by atoms with Crippen molar-refractivity contribution in [2.24, 2.45) is 5.92 Å². The third kappa shape index (κ3) is 5.42. The van der Waals surface area contributed by atoms with Crippen molar-refractivity contribution in [3.63, 3.8) is 0 Å². The molecule has 168 valence electrons. The lowest BCUT2D eigenvalue weighted by Gasteiger charge is -2.39. The molecule has 3 atom stereocenters. The summed E-state index contributed by atoms with van der Waals surface area (Å²) >= 11 is 0. The summed E-state index contributed by atoms with van der Waals surface area (Å²) in [6.07, 6.45) is 4.30. The molecule has 0 radical (unpaired) electrons. The van der Waals surface area contributed by atoms with Crippen molar-refractivity contribution >= 4 is 11.8 Å². The van der Waals surface area contributed by atoms with Crippen LogP contribution in [0.3, 0.4) is 0 Å². The molecule has 2 aliphatic heterocycles. The van der Waals surface area contributed by atoms with Gasteiger partial charge < -0.3 is 15.1 Å². The number of aryl methyl sites for hydroxylation is 1. The molecule has 2 amide bonds. The Kier molecular flexibility index (Phi) is 6.33. The predicted molar refractivity (Wildman–Crippen MR) is 116 cm³/mol. The van der Waals surface area contributed by atoms with Crippen LogP contribution in [0, 0.1) is 12.8 Å². The van der Waals surface area contributed by atoms with Crippen LogP contribution in [0.5, 0.6) is 0 Å². The Morgan fingerprint density at radius 2 is 1.70 bits per heavy atom. The Labute approximate surface area is 180 Å². The number of rotatable bonds is 5. The van der Waals surface area contributed by atoms with Gasteiger partial charge in [0.15, 0.2) is 0 Å². The molecule has 30 heavy (non-hydrogen) atoms. The fourth-order valence-corrected chi connectivity index (χ4v) is 4.68. The van der Waals surface area contributed by atoms with E-state index < -0.39 is 0 Å². The van der Waals surface area contributed by atoms with Gasteiger partial charge >= 0.3 is 0 Å². The van der Waals surface area contributed by atoms with Gasteiger partial charge in [-0.15, -0.1) is 0 Å². The number of amides is 2. The Hall–Kier alpha value is -1.89. The summed E-state index contributed by atoms with van der Waals surface area (Å²) in [7, 11) is 0. The fraction of sp³-hybridized carbons (Fsp3) is 0.783. The Bertz CT molecular complexity index is 773. The molecule has 1 aromatic heterocycles. The molecule has 0 unspecified atom stereocenters. The zero-order valence-electron chi connectivity index (χ0n) is 19.6. The lowest BCUT2D eigenvalue weighted by atomic mass is 9.90. The maximum atomic E-state index is 12.7. The lowest BCUT2D eigenvalue weighted by Crippen LogP contribution is -2.52. The molecule has 3 rings (SSSR count). The molecule has 3 heterocycles. The van der Waals surface area contributed by atoms with Crippen molar-refractivity contribution in [2.75, 3.05) is 13.1 Å². The molecule has 7 heteroatoms. The monoisotopic (exact) mass is 418 g/mol. The zero-order valence-corrected chi connectivity index (χ0v) is 19.6. The zero-order chi connectivity index (χ0) is 22.3. The molecule has 2 N–H and O–H groups in total. The average Bonchev–Trinajstić information content (AvgIpc) is 3.08. The Morgan fingerprint density at radius 3 is 2.20 bits per heavy atom. The first-order chi connectivity index (χ1) is 13.8. The first kappa shape index (κ1) is 22.8. The van der Waals surface area contributed by atoms with E-state index in [4.69, 9.17) is 4.42 Å². The second-order valence-corrected chi connectivity index (χ2v) is 11.1. The number of carbonyl (C=O) groups excluding carboxylic acids is 2. The van der Waals surface area contributed by atoms with Crippen molar-refractivity contribution in [2.45, 2.75) is 97.2 Å². The van der Waals surface area contributed by atoms with E-state index in [2.05, 4.69) is 20.5 Å².